The molecule has 21 heavy (non-hydrogen) atoms. The first-order valence-electron chi connectivity index (χ1n) is 5.40. The minimum Gasteiger partial charge on any atom is -0.741 e. The topological polar surface area (TPSA) is 104 Å². The van der Waals surface area contributed by atoms with Gasteiger partial charge in [0.25, 0.3) is 0 Å². The second kappa shape index (κ2) is 8.32. The third-order valence-corrected chi connectivity index (χ3v) is 2.19. The molecular weight excluding hydrogens is 319 g/mol. The van der Waals surface area contributed by atoms with Crippen molar-refractivity contribution in [1.82, 2.24) is 0 Å². The Kier molecular flexibility index (Phi) is 8.76. The Morgan fingerprint density at radius 1 is 1.43 bits per heavy atom. The minimum absolute atomic E-state index is 0.0281. The highest BCUT2D eigenvalue weighted by molar-refractivity contribution is 7.86. The van der Waals surface area contributed by atoms with Gasteiger partial charge in [0, 0.05) is 6.08 Å². The second-order valence-electron chi connectivity index (χ2n) is 4.86. The molecule has 0 aliphatic heterocycles. The van der Waals surface area contributed by atoms with E-state index < -0.39 is 27.7 Å². The molecule has 0 aromatic carbocycles. The van der Waals surface area contributed by atoms with E-state index in [9.17, 15) is 23.1 Å². The van der Waals surface area contributed by atoms with Crippen molar-refractivity contribution in [2.75, 3.05) is 34.3 Å². The lowest BCUT2D eigenvalue weighted by molar-refractivity contribution is -0.873. The van der Waals surface area contributed by atoms with Crippen LogP contribution in [0.4, 0.5) is 13.2 Å². The zero-order valence-corrected chi connectivity index (χ0v) is 12.6. The van der Waals surface area contributed by atoms with Crippen molar-refractivity contribution < 1.29 is 45.3 Å². The maximum absolute atomic E-state index is 10.7. The molecule has 0 saturated carbocycles. The summed E-state index contributed by atoms with van der Waals surface area (Å²) < 4.78 is 64.2. The molecule has 0 aromatic rings. The van der Waals surface area contributed by atoms with Crippen LogP contribution in [-0.4, -0.2) is 74.4 Å². The molecule has 1 unspecified atom stereocenters. The van der Waals surface area contributed by atoms with Gasteiger partial charge in [0.1, 0.15) is 19.3 Å². The monoisotopic (exact) mass is 337 g/mol. The van der Waals surface area contributed by atoms with Gasteiger partial charge >= 0.3 is 11.5 Å². The van der Waals surface area contributed by atoms with E-state index in [4.69, 9.17) is 13.0 Å². The number of carbonyl (C=O) groups is 1. The molecule has 0 rings (SSSR count). The first-order valence-corrected chi connectivity index (χ1v) is 6.81. The molecular formula is C10H18F3NO6S. The van der Waals surface area contributed by atoms with Crippen molar-refractivity contribution >= 4 is 16.1 Å². The second-order valence-corrected chi connectivity index (χ2v) is 6.23. The van der Waals surface area contributed by atoms with Gasteiger partial charge in [0.15, 0.2) is 10.1 Å². The van der Waals surface area contributed by atoms with Crippen molar-refractivity contribution in [2.24, 2.45) is 0 Å². The Hall–Kier alpha value is -1.17. The van der Waals surface area contributed by atoms with Crippen LogP contribution in [0, 0.1) is 0 Å². The SMILES string of the molecule is C=CC(=O)OCC(O)C[N+](C)(C)C.O=S(=O)([O-])C(F)(F)F. The van der Waals surface area contributed by atoms with Crippen molar-refractivity contribution in [2.45, 2.75) is 11.6 Å². The lowest BCUT2D eigenvalue weighted by atomic mass is 10.3. The van der Waals surface area contributed by atoms with E-state index in [2.05, 4.69) is 11.3 Å². The van der Waals surface area contributed by atoms with Crippen LogP contribution in [0.5, 0.6) is 0 Å². The number of nitrogens with zero attached hydrogens (tertiary/aromatic N) is 1. The number of esters is 1. The summed E-state index contributed by atoms with van der Waals surface area (Å²) in [5.74, 6) is -0.500. The summed E-state index contributed by atoms with van der Waals surface area (Å²) in [4.78, 5) is 10.6. The van der Waals surface area contributed by atoms with Crippen LogP contribution in [0.2, 0.25) is 0 Å². The van der Waals surface area contributed by atoms with Crippen LogP contribution in [-0.2, 0) is 19.6 Å². The predicted octanol–water partition coefficient (Wildman–Crippen LogP) is -0.166. The van der Waals surface area contributed by atoms with Gasteiger partial charge in [-0.15, -0.1) is 0 Å². The van der Waals surface area contributed by atoms with Crippen molar-refractivity contribution in [3.05, 3.63) is 12.7 Å². The first kappa shape index (κ1) is 22.1. The maximum Gasteiger partial charge on any atom is 0.485 e. The highest BCUT2D eigenvalue weighted by atomic mass is 32.2. The van der Waals surface area contributed by atoms with E-state index in [-0.39, 0.29) is 6.61 Å². The van der Waals surface area contributed by atoms with Crippen molar-refractivity contribution in [3.8, 4) is 0 Å². The fourth-order valence-electron chi connectivity index (χ4n) is 0.922. The Morgan fingerprint density at radius 2 is 1.81 bits per heavy atom. The number of rotatable bonds is 5. The molecule has 0 radical (unpaired) electrons. The summed E-state index contributed by atoms with van der Waals surface area (Å²) in [6.07, 6.45) is 0.461. The van der Waals surface area contributed by atoms with Crippen LogP contribution in [0.1, 0.15) is 0 Å². The van der Waals surface area contributed by atoms with Gasteiger partial charge in [0.2, 0.25) is 0 Å². The molecule has 1 atom stereocenters. The largest absolute Gasteiger partial charge is 0.741 e. The van der Waals surface area contributed by atoms with Gasteiger partial charge in [-0.05, 0) is 0 Å². The summed E-state index contributed by atoms with van der Waals surface area (Å²) in [5.41, 5.74) is -5.65. The number of alkyl halides is 3. The maximum atomic E-state index is 10.7. The Labute approximate surface area is 121 Å². The molecule has 0 saturated heterocycles. The van der Waals surface area contributed by atoms with Crippen LogP contribution in [0.15, 0.2) is 12.7 Å². The number of aliphatic hydroxyl groups is 1. The number of ether oxygens (including phenoxy) is 1. The van der Waals surface area contributed by atoms with Crippen LogP contribution >= 0.6 is 0 Å². The molecule has 0 aromatic heterocycles. The lowest BCUT2D eigenvalue weighted by Gasteiger charge is -2.26. The molecule has 0 aliphatic rings. The number of carbonyl (C=O) groups excluding carboxylic acids is 1. The van der Waals surface area contributed by atoms with Crippen molar-refractivity contribution in [1.29, 1.82) is 0 Å². The Morgan fingerprint density at radius 3 is 2.05 bits per heavy atom. The van der Waals surface area contributed by atoms with E-state index >= 15 is 0 Å². The van der Waals surface area contributed by atoms with Crippen LogP contribution in [0.3, 0.4) is 0 Å². The smallest absolute Gasteiger partial charge is 0.485 e. The quantitative estimate of drug-likeness (QED) is 0.246. The van der Waals surface area contributed by atoms with Gasteiger partial charge in [-0.1, -0.05) is 6.58 Å². The first-order chi connectivity index (χ1) is 9.10. The van der Waals surface area contributed by atoms with Crippen LogP contribution in [0.25, 0.3) is 0 Å². The molecule has 11 heteroatoms. The average molecular weight is 337 g/mol. The summed E-state index contributed by atoms with van der Waals surface area (Å²) in [6, 6.07) is 0. The molecule has 0 heterocycles. The van der Waals surface area contributed by atoms with Gasteiger partial charge < -0.3 is 18.9 Å². The molecule has 0 spiro atoms. The third-order valence-electron chi connectivity index (χ3n) is 1.63. The number of halogens is 3. The van der Waals surface area contributed by atoms with Gasteiger partial charge in [0.05, 0.1) is 21.1 Å². The molecule has 0 aliphatic carbocycles. The highest BCUT2D eigenvalue weighted by Gasteiger charge is 2.36. The zero-order valence-electron chi connectivity index (χ0n) is 11.8. The molecule has 7 nitrogen and oxygen atoms in total. The number of aliphatic hydroxyl groups excluding tert-OH is 1. The van der Waals surface area contributed by atoms with E-state index in [1.807, 2.05) is 21.1 Å². The molecule has 126 valence electrons. The van der Waals surface area contributed by atoms with E-state index in [0.29, 0.717) is 11.0 Å². The molecule has 0 bridgehead atoms. The van der Waals surface area contributed by atoms with E-state index in [0.717, 1.165) is 6.08 Å². The fourth-order valence-corrected chi connectivity index (χ4v) is 0.922. The Bertz CT molecular complexity index is 441. The lowest BCUT2D eigenvalue weighted by Crippen LogP contribution is -2.43. The van der Waals surface area contributed by atoms with Gasteiger partial charge in [-0.3, -0.25) is 0 Å². The van der Waals surface area contributed by atoms with Crippen molar-refractivity contribution in [3.63, 3.8) is 0 Å². The predicted molar refractivity (Wildman–Crippen MR) is 65.8 cm³/mol. The normalized spacial score (nSPS) is 13.7. The molecule has 1 N–H and O–H groups in total. The highest BCUT2D eigenvalue weighted by Crippen LogP contribution is 2.20. The standard InChI is InChI=1S/C9H18NO3.CHF3O3S/c1-5-9(12)13-7-8(11)6-10(2,3)4;2-1(3,4)8(5,6)7/h5,8,11H,1,6-7H2,2-4H3;(H,5,6,7)/q+1;/p-1. The number of hydrogen-bond acceptors (Lipinski definition) is 6. The number of hydrogen-bond donors (Lipinski definition) is 1. The van der Waals surface area contributed by atoms with Gasteiger partial charge in [-0.2, -0.15) is 13.2 Å². The van der Waals surface area contributed by atoms with E-state index in [1.165, 1.54) is 0 Å². The number of quaternary nitrogens is 1. The van der Waals surface area contributed by atoms with Crippen LogP contribution < -0.4 is 0 Å². The molecule has 0 amide bonds. The van der Waals surface area contributed by atoms with Gasteiger partial charge in [-0.25, -0.2) is 13.2 Å². The zero-order chi connectivity index (χ0) is 17.5. The third kappa shape index (κ3) is 13.6. The fraction of sp³-hybridized carbons (Fsp3) is 0.700. The summed E-state index contributed by atoms with van der Waals surface area (Å²) in [6.45, 7) is 3.83. The summed E-state index contributed by atoms with van der Waals surface area (Å²) >= 11 is 0. The summed E-state index contributed by atoms with van der Waals surface area (Å²) in [7, 11) is -0.220. The summed E-state index contributed by atoms with van der Waals surface area (Å²) in [5, 5.41) is 9.40. The number of likely N-dealkylation sites (N-methyl/N-ethyl adjacent to an activating group) is 1. The Balaban J connectivity index is 0. The van der Waals surface area contributed by atoms with E-state index in [1.54, 1.807) is 0 Å². The average Bonchev–Trinajstić information content (AvgIpc) is 2.21. The molecule has 0 fully saturated rings. The minimum atomic E-state index is -6.09.